The molecule has 0 aliphatic rings. The molecule has 1 aromatic carbocycles. The molecule has 0 bridgehead atoms. The predicted octanol–water partition coefficient (Wildman–Crippen LogP) is 3.16. The number of hydrogen-bond acceptors (Lipinski definition) is 3. The van der Waals surface area contributed by atoms with Gasteiger partial charge >= 0.3 is 0 Å². The molecule has 1 atom stereocenters. The molecule has 0 aromatic heterocycles. The zero-order valence-electron chi connectivity index (χ0n) is 13.1. The molecule has 3 nitrogen and oxygen atoms in total. The highest BCUT2D eigenvalue weighted by Crippen LogP contribution is 2.15. The Morgan fingerprint density at radius 1 is 1.20 bits per heavy atom. The Morgan fingerprint density at radius 3 is 2.45 bits per heavy atom. The number of aliphatic hydroxyl groups is 1. The molecule has 1 rings (SSSR count). The second kappa shape index (κ2) is 8.98. The molecule has 0 fully saturated rings. The lowest BCUT2D eigenvalue weighted by Gasteiger charge is -2.28. The topological polar surface area (TPSA) is 41.5 Å². The first-order valence-corrected chi connectivity index (χ1v) is 7.71. The van der Waals surface area contributed by atoms with Crippen LogP contribution < -0.4 is 10.1 Å². The van der Waals surface area contributed by atoms with E-state index in [0.717, 1.165) is 31.6 Å². The Bertz CT molecular complexity index is 364. The van der Waals surface area contributed by atoms with E-state index >= 15 is 0 Å². The van der Waals surface area contributed by atoms with E-state index in [2.05, 4.69) is 38.2 Å². The third-order valence-corrected chi connectivity index (χ3v) is 3.56. The molecule has 0 aliphatic heterocycles. The summed E-state index contributed by atoms with van der Waals surface area (Å²) in [5.41, 5.74) is 1.17. The lowest BCUT2D eigenvalue weighted by Crippen LogP contribution is -2.45. The van der Waals surface area contributed by atoms with E-state index in [1.54, 1.807) is 0 Å². The van der Waals surface area contributed by atoms with Gasteiger partial charge in [-0.15, -0.1) is 0 Å². The van der Waals surface area contributed by atoms with Crippen molar-refractivity contribution >= 4 is 0 Å². The van der Waals surface area contributed by atoms with Crippen molar-refractivity contribution in [3.8, 4) is 5.75 Å². The van der Waals surface area contributed by atoms with Crippen molar-refractivity contribution < 1.29 is 9.84 Å². The minimum atomic E-state index is -0.191. The van der Waals surface area contributed by atoms with Gasteiger partial charge in [0.1, 0.15) is 5.75 Å². The lowest BCUT2D eigenvalue weighted by molar-refractivity contribution is 0.158. The van der Waals surface area contributed by atoms with Gasteiger partial charge in [0.15, 0.2) is 0 Å². The fourth-order valence-electron chi connectivity index (χ4n) is 2.34. The first-order chi connectivity index (χ1) is 9.63. The van der Waals surface area contributed by atoms with Crippen LogP contribution in [-0.4, -0.2) is 30.4 Å². The van der Waals surface area contributed by atoms with Crippen molar-refractivity contribution in [2.75, 3.05) is 19.8 Å². The Hall–Kier alpha value is -1.06. The fourth-order valence-corrected chi connectivity index (χ4v) is 2.34. The van der Waals surface area contributed by atoms with Crippen molar-refractivity contribution in [1.82, 2.24) is 5.32 Å². The van der Waals surface area contributed by atoms with Crippen LogP contribution in [0.4, 0.5) is 0 Å². The van der Waals surface area contributed by atoms with Crippen LogP contribution in [0.1, 0.15) is 45.6 Å². The van der Waals surface area contributed by atoms with Crippen LogP contribution in [0.2, 0.25) is 0 Å². The van der Waals surface area contributed by atoms with E-state index < -0.39 is 0 Å². The van der Waals surface area contributed by atoms with Gasteiger partial charge in [-0.1, -0.05) is 32.4 Å². The maximum Gasteiger partial charge on any atom is 0.119 e. The number of aliphatic hydroxyl groups excluding tert-OH is 1. The van der Waals surface area contributed by atoms with E-state index in [9.17, 15) is 5.11 Å². The number of hydrogen-bond donors (Lipinski definition) is 2. The quantitative estimate of drug-likeness (QED) is 0.646. The minimum Gasteiger partial charge on any atom is -0.494 e. The van der Waals surface area contributed by atoms with E-state index in [4.69, 9.17) is 4.74 Å². The first-order valence-electron chi connectivity index (χ1n) is 7.71. The van der Waals surface area contributed by atoms with Gasteiger partial charge in [0.2, 0.25) is 0 Å². The summed E-state index contributed by atoms with van der Waals surface area (Å²) in [5.74, 6) is 0.930. The maximum absolute atomic E-state index is 9.41. The van der Waals surface area contributed by atoms with Crippen LogP contribution in [-0.2, 0) is 6.42 Å². The highest BCUT2D eigenvalue weighted by molar-refractivity contribution is 5.27. The van der Waals surface area contributed by atoms with E-state index in [1.807, 2.05) is 12.1 Å². The third kappa shape index (κ3) is 5.93. The molecule has 114 valence electrons. The third-order valence-electron chi connectivity index (χ3n) is 3.56. The molecule has 0 radical (unpaired) electrons. The van der Waals surface area contributed by atoms with Crippen LogP contribution >= 0.6 is 0 Å². The summed E-state index contributed by atoms with van der Waals surface area (Å²) in [4.78, 5) is 0. The SMILES string of the molecule is CCCc1ccc(OCCCC(C)(CO)NCC)cc1. The number of ether oxygens (including phenoxy) is 1. The van der Waals surface area contributed by atoms with Crippen LogP contribution in [0, 0.1) is 0 Å². The number of aryl methyl sites for hydroxylation is 1. The Morgan fingerprint density at radius 2 is 1.90 bits per heavy atom. The average molecular weight is 279 g/mol. The summed E-state index contributed by atoms with van der Waals surface area (Å²) in [6.45, 7) is 8.02. The average Bonchev–Trinajstić information content (AvgIpc) is 2.46. The molecule has 1 unspecified atom stereocenters. The van der Waals surface area contributed by atoms with E-state index in [0.29, 0.717) is 6.61 Å². The van der Waals surface area contributed by atoms with Crippen LogP contribution in [0.25, 0.3) is 0 Å². The summed E-state index contributed by atoms with van der Waals surface area (Å²) in [7, 11) is 0. The molecule has 0 amide bonds. The zero-order valence-corrected chi connectivity index (χ0v) is 13.1. The Labute approximate surface area is 123 Å². The van der Waals surface area contributed by atoms with Crippen molar-refractivity contribution in [1.29, 1.82) is 0 Å². The molecule has 3 heteroatoms. The molecule has 0 saturated heterocycles. The molecule has 0 spiro atoms. The maximum atomic E-state index is 9.41. The summed E-state index contributed by atoms with van der Waals surface area (Å²) in [6, 6.07) is 8.35. The van der Waals surface area contributed by atoms with Crippen LogP contribution in [0.15, 0.2) is 24.3 Å². The van der Waals surface area contributed by atoms with Gasteiger partial charge in [0.25, 0.3) is 0 Å². The van der Waals surface area contributed by atoms with E-state index in [-0.39, 0.29) is 12.1 Å². The summed E-state index contributed by atoms with van der Waals surface area (Å²) in [6.07, 6.45) is 4.13. The van der Waals surface area contributed by atoms with Gasteiger partial charge < -0.3 is 15.2 Å². The number of likely N-dealkylation sites (N-methyl/N-ethyl adjacent to an activating group) is 1. The van der Waals surface area contributed by atoms with Gasteiger partial charge in [-0.05, 0) is 50.4 Å². The van der Waals surface area contributed by atoms with Gasteiger partial charge in [-0.25, -0.2) is 0 Å². The number of rotatable bonds is 10. The second-order valence-corrected chi connectivity index (χ2v) is 5.60. The first kappa shape index (κ1) is 17.0. The molecular weight excluding hydrogens is 250 g/mol. The summed E-state index contributed by atoms with van der Waals surface area (Å²) < 4.78 is 5.75. The van der Waals surface area contributed by atoms with Crippen LogP contribution in [0.5, 0.6) is 5.75 Å². The normalized spacial score (nSPS) is 14.0. The van der Waals surface area contributed by atoms with Crippen molar-refractivity contribution in [3.05, 3.63) is 29.8 Å². The molecule has 2 N–H and O–H groups in total. The molecular formula is C17H29NO2. The molecule has 0 saturated carbocycles. The minimum absolute atomic E-state index is 0.159. The molecule has 0 heterocycles. The monoisotopic (exact) mass is 279 g/mol. The second-order valence-electron chi connectivity index (χ2n) is 5.60. The lowest BCUT2D eigenvalue weighted by atomic mass is 9.97. The van der Waals surface area contributed by atoms with Crippen molar-refractivity contribution in [3.63, 3.8) is 0 Å². The number of nitrogens with one attached hydrogen (secondary N) is 1. The highest BCUT2D eigenvalue weighted by atomic mass is 16.5. The van der Waals surface area contributed by atoms with Crippen LogP contribution in [0.3, 0.4) is 0 Å². The Kier molecular flexibility index (Phi) is 7.63. The molecule has 20 heavy (non-hydrogen) atoms. The highest BCUT2D eigenvalue weighted by Gasteiger charge is 2.20. The fraction of sp³-hybridized carbons (Fsp3) is 0.647. The Balaban J connectivity index is 2.30. The zero-order chi connectivity index (χ0) is 14.8. The smallest absolute Gasteiger partial charge is 0.119 e. The van der Waals surface area contributed by atoms with Gasteiger partial charge in [0, 0.05) is 5.54 Å². The van der Waals surface area contributed by atoms with Crippen molar-refractivity contribution in [2.24, 2.45) is 0 Å². The predicted molar refractivity (Wildman–Crippen MR) is 84.3 cm³/mol. The number of benzene rings is 1. The summed E-state index contributed by atoms with van der Waals surface area (Å²) >= 11 is 0. The van der Waals surface area contributed by atoms with Gasteiger partial charge in [-0.2, -0.15) is 0 Å². The largest absolute Gasteiger partial charge is 0.494 e. The standard InChI is InChI=1S/C17H29NO2/c1-4-7-15-8-10-16(11-9-15)20-13-6-12-17(3,14-19)18-5-2/h8-11,18-19H,4-7,12-14H2,1-3H3. The van der Waals surface area contributed by atoms with Gasteiger partial charge in [-0.3, -0.25) is 0 Å². The van der Waals surface area contributed by atoms with Crippen molar-refractivity contribution in [2.45, 2.75) is 52.0 Å². The molecule has 0 aliphatic carbocycles. The molecule has 1 aromatic rings. The van der Waals surface area contributed by atoms with Gasteiger partial charge in [0.05, 0.1) is 13.2 Å². The summed E-state index contributed by atoms with van der Waals surface area (Å²) in [5, 5.41) is 12.7. The van der Waals surface area contributed by atoms with E-state index in [1.165, 1.54) is 12.0 Å².